The first-order valence-electron chi connectivity index (χ1n) is 4.99. The number of hydrogen-bond acceptors (Lipinski definition) is 6. The van der Waals surface area contributed by atoms with Gasteiger partial charge in [-0.15, -0.1) is 5.10 Å². The zero-order valence-electron chi connectivity index (χ0n) is 8.74. The van der Waals surface area contributed by atoms with Crippen molar-refractivity contribution in [2.45, 2.75) is 29.1 Å². The van der Waals surface area contributed by atoms with Crippen molar-refractivity contribution >= 4 is 17.4 Å². The summed E-state index contributed by atoms with van der Waals surface area (Å²) in [4.78, 5) is 0. The third-order valence-corrected chi connectivity index (χ3v) is 3.33. The van der Waals surface area contributed by atoms with Gasteiger partial charge in [-0.3, -0.25) is 4.68 Å². The van der Waals surface area contributed by atoms with E-state index in [0.29, 0.717) is 11.7 Å². The average Bonchev–Trinajstić information content (AvgIpc) is 2.90. The summed E-state index contributed by atoms with van der Waals surface area (Å²) in [6.45, 7) is 0. The molecule has 2 heterocycles. The summed E-state index contributed by atoms with van der Waals surface area (Å²) in [6, 6.07) is 0.461. The maximum absolute atomic E-state index is 5.82. The van der Waals surface area contributed by atoms with Crippen LogP contribution in [-0.2, 0) is 7.05 Å². The fourth-order valence-corrected chi connectivity index (χ4v) is 2.32. The second kappa shape index (κ2) is 3.48. The van der Waals surface area contributed by atoms with Crippen LogP contribution >= 0.6 is 11.8 Å². The lowest BCUT2D eigenvalue weighted by atomic mass is 10.6. The second-order valence-electron chi connectivity index (χ2n) is 3.80. The van der Waals surface area contributed by atoms with Gasteiger partial charge < -0.3 is 5.73 Å². The molecule has 2 N–H and O–H groups in total. The van der Waals surface area contributed by atoms with Gasteiger partial charge in [-0.25, -0.2) is 4.68 Å². The van der Waals surface area contributed by atoms with Crippen LogP contribution in [0.3, 0.4) is 0 Å². The molecule has 1 fully saturated rings. The Balaban J connectivity index is 1.88. The Bertz CT molecular complexity index is 512. The number of aromatic nitrogens is 6. The molecule has 0 aromatic carbocycles. The van der Waals surface area contributed by atoms with E-state index in [-0.39, 0.29) is 0 Å². The zero-order valence-corrected chi connectivity index (χ0v) is 9.55. The van der Waals surface area contributed by atoms with Crippen LogP contribution in [0.15, 0.2) is 16.4 Å². The van der Waals surface area contributed by atoms with Crippen LogP contribution in [-0.4, -0.2) is 30.0 Å². The topological polar surface area (TPSA) is 87.4 Å². The van der Waals surface area contributed by atoms with E-state index in [4.69, 9.17) is 5.73 Å². The van der Waals surface area contributed by atoms with Crippen LogP contribution in [0.25, 0.3) is 0 Å². The minimum Gasteiger partial charge on any atom is -0.395 e. The third kappa shape index (κ3) is 1.64. The van der Waals surface area contributed by atoms with Crippen LogP contribution < -0.4 is 5.73 Å². The molecule has 1 aliphatic carbocycles. The first-order chi connectivity index (χ1) is 7.74. The lowest BCUT2D eigenvalue weighted by Crippen LogP contribution is -1.99. The highest BCUT2D eigenvalue weighted by atomic mass is 32.2. The van der Waals surface area contributed by atoms with Crippen LogP contribution in [0.1, 0.15) is 18.9 Å². The Hall–Kier alpha value is -1.57. The van der Waals surface area contributed by atoms with Gasteiger partial charge in [0, 0.05) is 13.2 Å². The van der Waals surface area contributed by atoms with Crippen LogP contribution in [0.2, 0.25) is 0 Å². The molecule has 84 valence electrons. The molecule has 0 amide bonds. The maximum Gasteiger partial charge on any atom is 0.216 e. The summed E-state index contributed by atoms with van der Waals surface area (Å²) in [5.74, 6) is 0. The molecule has 0 bridgehead atoms. The Labute approximate surface area is 96.0 Å². The fraction of sp³-hybridized carbons (Fsp3) is 0.500. The van der Waals surface area contributed by atoms with Gasteiger partial charge in [0.25, 0.3) is 0 Å². The predicted octanol–water partition coefficient (Wildman–Crippen LogP) is 0.475. The molecule has 1 saturated carbocycles. The number of rotatable bonds is 3. The number of hydrogen-bond donors (Lipinski definition) is 1. The molecule has 0 radical (unpaired) electrons. The zero-order chi connectivity index (χ0) is 11.1. The van der Waals surface area contributed by atoms with E-state index < -0.39 is 0 Å². The average molecular weight is 237 g/mol. The normalized spacial score (nSPS) is 15.6. The van der Waals surface area contributed by atoms with Gasteiger partial charge in [-0.05, 0) is 35.0 Å². The lowest BCUT2D eigenvalue weighted by molar-refractivity contribution is 0.565. The van der Waals surface area contributed by atoms with E-state index >= 15 is 0 Å². The van der Waals surface area contributed by atoms with Crippen molar-refractivity contribution in [1.29, 1.82) is 0 Å². The monoisotopic (exact) mass is 237 g/mol. The summed E-state index contributed by atoms with van der Waals surface area (Å²) in [7, 11) is 1.84. The van der Waals surface area contributed by atoms with E-state index in [1.54, 1.807) is 10.9 Å². The number of anilines is 1. The SMILES string of the molecule is Cn1cc(N)c(Sc2nnnn2C2CC2)n1. The van der Waals surface area contributed by atoms with E-state index in [9.17, 15) is 0 Å². The molecule has 16 heavy (non-hydrogen) atoms. The van der Waals surface area contributed by atoms with Gasteiger partial charge in [-0.1, -0.05) is 0 Å². The predicted molar refractivity (Wildman–Crippen MR) is 57.8 cm³/mol. The quantitative estimate of drug-likeness (QED) is 0.835. The van der Waals surface area contributed by atoms with Gasteiger partial charge in [0.1, 0.15) is 5.03 Å². The molecule has 0 spiro atoms. The van der Waals surface area contributed by atoms with Crippen molar-refractivity contribution in [3.63, 3.8) is 0 Å². The van der Waals surface area contributed by atoms with E-state index in [1.165, 1.54) is 11.8 Å². The van der Waals surface area contributed by atoms with Gasteiger partial charge >= 0.3 is 0 Å². The summed E-state index contributed by atoms with van der Waals surface area (Å²) >= 11 is 1.41. The fourth-order valence-electron chi connectivity index (χ4n) is 1.45. The van der Waals surface area contributed by atoms with Crippen LogP contribution in [0.4, 0.5) is 5.69 Å². The summed E-state index contributed by atoms with van der Waals surface area (Å²) in [6.07, 6.45) is 4.07. The number of aryl methyl sites for hydroxylation is 1. The maximum atomic E-state index is 5.82. The molecular weight excluding hydrogens is 226 g/mol. The van der Waals surface area contributed by atoms with Gasteiger partial charge in [-0.2, -0.15) is 5.10 Å². The standard InChI is InChI=1S/C8H11N7S/c1-14-4-6(9)7(11-14)16-8-10-12-13-15(8)5-2-3-5/h4-5H,2-3,9H2,1H3. The van der Waals surface area contributed by atoms with Crippen LogP contribution in [0.5, 0.6) is 0 Å². The van der Waals surface area contributed by atoms with Crippen molar-refractivity contribution in [2.75, 3.05) is 5.73 Å². The number of tetrazole rings is 1. The molecule has 7 nitrogen and oxygen atoms in total. The highest BCUT2D eigenvalue weighted by Crippen LogP contribution is 2.38. The number of nitrogens with two attached hydrogens (primary N) is 1. The second-order valence-corrected chi connectivity index (χ2v) is 4.76. The highest BCUT2D eigenvalue weighted by Gasteiger charge is 2.28. The molecule has 8 heteroatoms. The van der Waals surface area contributed by atoms with Gasteiger partial charge in [0.05, 0.1) is 11.7 Å². The van der Waals surface area contributed by atoms with Crippen molar-refractivity contribution in [1.82, 2.24) is 30.0 Å². The van der Waals surface area contributed by atoms with E-state index in [2.05, 4.69) is 20.6 Å². The Morgan fingerprint density at radius 2 is 2.31 bits per heavy atom. The first-order valence-corrected chi connectivity index (χ1v) is 5.80. The third-order valence-electron chi connectivity index (χ3n) is 2.36. The number of nitrogen functional groups attached to an aromatic ring is 1. The molecule has 0 atom stereocenters. The van der Waals surface area contributed by atoms with Crippen molar-refractivity contribution in [3.05, 3.63) is 6.20 Å². The lowest BCUT2D eigenvalue weighted by Gasteiger charge is -1.99. The van der Waals surface area contributed by atoms with E-state index in [0.717, 1.165) is 23.0 Å². The Kier molecular flexibility index (Phi) is 2.10. The largest absolute Gasteiger partial charge is 0.395 e. The minimum atomic E-state index is 0.461. The molecule has 0 saturated heterocycles. The summed E-state index contributed by atoms with van der Waals surface area (Å²) in [5.41, 5.74) is 6.47. The smallest absolute Gasteiger partial charge is 0.216 e. The number of nitrogens with zero attached hydrogens (tertiary/aromatic N) is 6. The Morgan fingerprint density at radius 3 is 2.94 bits per heavy atom. The first kappa shape index (κ1) is 9.64. The molecular formula is C8H11N7S. The molecule has 1 aliphatic rings. The molecule has 2 aromatic heterocycles. The molecule has 0 aliphatic heterocycles. The van der Waals surface area contributed by atoms with Crippen molar-refractivity contribution < 1.29 is 0 Å². The van der Waals surface area contributed by atoms with Gasteiger partial charge in [0.15, 0.2) is 0 Å². The molecule has 2 aromatic rings. The van der Waals surface area contributed by atoms with Gasteiger partial charge in [0.2, 0.25) is 5.16 Å². The summed E-state index contributed by atoms with van der Waals surface area (Å²) in [5, 5.41) is 17.4. The molecule has 3 rings (SSSR count). The Morgan fingerprint density at radius 1 is 1.50 bits per heavy atom. The van der Waals surface area contributed by atoms with Crippen molar-refractivity contribution in [3.8, 4) is 0 Å². The van der Waals surface area contributed by atoms with Crippen molar-refractivity contribution in [2.24, 2.45) is 7.05 Å². The highest BCUT2D eigenvalue weighted by molar-refractivity contribution is 7.99. The minimum absolute atomic E-state index is 0.461. The molecule has 0 unspecified atom stereocenters. The van der Waals surface area contributed by atoms with E-state index in [1.807, 2.05) is 11.7 Å². The summed E-state index contributed by atoms with van der Waals surface area (Å²) < 4.78 is 3.53. The van der Waals surface area contributed by atoms with Crippen LogP contribution in [0, 0.1) is 0 Å².